The summed E-state index contributed by atoms with van der Waals surface area (Å²) in [6, 6.07) is 16.2. The van der Waals surface area contributed by atoms with Crippen LogP contribution in [-0.2, 0) is 25.5 Å². The lowest BCUT2D eigenvalue weighted by Crippen LogP contribution is -2.51. The molecule has 12 heteroatoms. The summed E-state index contributed by atoms with van der Waals surface area (Å²) in [4.78, 5) is 59.6. The second-order valence-corrected chi connectivity index (χ2v) is 15.5. The van der Waals surface area contributed by atoms with Crippen LogP contribution in [0.25, 0.3) is 0 Å². The number of anilines is 2. The number of carbonyl (C=O) groups excluding carboxylic acids is 4. The van der Waals surface area contributed by atoms with E-state index >= 15 is 0 Å². The van der Waals surface area contributed by atoms with Crippen LogP contribution < -0.4 is 9.80 Å². The molecular weight excluding hydrogens is 697 g/mol. The highest BCUT2D eigenvalue weighted by Crippen LogP contribution is 2.45. The third kappa shape index (κ3) is 6.96. The number of benzene rings is 2. The normalized spacial score (nSPS) is 19.8. The van der Waals surface area contributed by atoms with Crippen molar-refractivity contribution in [2.45, 2.75) is 128 Å². The number of nitrogens with zero attached hydrogens (tertiary/aromatic N) is 4. The van der Waals surface area contributed by atoms with Gasteiger partial charge in [-0.3, -0.25) is 9.59 Å². The summed E-state index contributed by atoms with van der Waals surface area (Å²) in [5, 5.41) is 0.366. The number of amides is 4. The monoisotopic (exact) mass is 746 g/mol. The standard InChI is InChI=1S/C40H50N4O6S2/c1-4-49-37(47)41-33(45)39(23-9-6-10-24-39)43(35(41)51)31-19-15-29(16-20-31)14-8-5-13-27-50-38(48)42-34(46)40(25-11-7-12-26-40)44(36(42)52)32-21-17-30(18-22-32)28(2)3/h15-22,28H,4-14,23-27H2,1-3H3. The zero-order chi connectivity index (χ0) is 37.0. The average molecular weight is 747 g/mol. The van der Waals surface area contributed by atoms with Gasteiger partial charge in [0.2, 0.25) is 0 Å². The number of imide groups is 2. The molecule has 4 fully saturated rings. The van der Waals surface area contributed by atoms with Crippen LogP contribution in [0.3, 0.4) is 0 Å². The summed E-state index contributed by atoms with van der Waals surface area (Å²) in [5.74, 6) is -0.190. The molecule has 52 heavy (non-hydrogen) atoms. The van der Waals surface area contributed by atoms with Crippen molar-refractivity contribution in [1.82, 2.24) is 9.80 Å². The van der Waals surface area contributed by atoms with Crippen molar-refractivity contribution < 1.29 is 28.7 Å². The number of rotatable bonds is 10. The number of unbranched alkanes of at least 4 members (excludes halogenated alkanes) is 2. The molecule has 0 N–H and O–H groups in total. The van der Waals surface area contributed by atoms with Gasteiger partial charge in [0.1, 0.15) is 11.1 Å². The lowest BCUT2D eigenvalue weighted by Gasteiger charge is -2.39. The van der Waals surface area contributed by atoms with E-state index in [-0.39, 0.29) is 35.3 Å². The Bertz CT molecular complexity index is 1680. The minimum atomic E-state index is -0.862. The summed E-state index contributed by atoms with van der Waals surface area (Å²) in [7, 11) is 0. The zero-order valence-electron chi connectivity index (χ0n) is 30.6. The molecule has 6 rings (SSSR count). The Hall–Kier alpha value is -3.90. The molecule has 2 aromatic carbocycles. The van der Waals surface area contributed by atoms with Gasteiger partial charge in [0.25, 0.3) is 11.8 Å². The van der Waals surface area contributed by atoms with Gasteiger partial charge in [0.15, 0.2) is 10.2 Å². The molecule has 0 unspecified atom stereocenters. The molecule has 10 nitrogen and oxygen atoms in total. The number of hydrogen-bond donors (Lipinski definition) is 0. The fraction of sp³-hybridized carbons (Fsp3) is 0.550. The number of ether oxygens (including phenoxy) is 2. The second kappa shape index (κ2) is 16.0. The predicted molar refractivity (Wildman–Crippen MR) is 208 cm³/mol. The summed E-state index contributed by atoms with van der Waals surface area (Å²) in [6.45, 7) is 6.35. The Labute approximate surface area is 317 Å². The quantitative estimate of drug-likeness (QED) is 0.173. The molecule has 4 aliphatic rings. The molecule has 2 aliphatic heterocycles. The average Bonchev–Trinajstić information content (AvgIpc) is 3.48. The molecule has 2 heterocycles. The molecule has 0 bridgehead atoms. The van der Waals surface area contributed by atoms with E-state index in [0.717, 1.165) is 84.5 Å². The first-order valence-electron chi connectivity index (χ1n) is 19.0. The maximum absolute atomic E-state index is 13.9. The van der Waals surface area contributed by atoms with E-state index in [1.165, 1.54) is 5.56 Å². The number of thiocarbonyl (C=S) groups is 2. The Balaban J connectivity index is 1.02. The smallest absolute Gasteiger partial charge is 0.423 e. The van der Waals surface area contributed by atoms with Gasteiger partial charge in [-0.1, -0.05) is 76.6 Å². The Morgan fingerprint density at radius 3 is 1.60 bits per heavy atom. The van der Waals surface area contributed by atoms with Gasteiger partial charge in [-0.05, 0) is 124 Å². The second-order valence-electron chi connectivity index (χ2n) is 14.7. The first-order chi connectivity index (χ1) is 25.1. The lowest BCUT2D eigenvalue weighted by atomic mass is 9.80. The molecule has 2 spiro atoms. The van der Waals surface area contributed by atoms with Crippen LogP contribution >= 0.6 is 24.4 Å². The predicted octanol–water partition coefficient (Wildman–Crippen LogP) is 8.79. The zero-order valence-corrected chi connectivity index (χ0v) is 32.2. The largest absolute Gasteiger partial charge is 0.449 e. The molecule has 0 radical (unpaired) electrons. The van der Waals surface area contributed by atoms with Gasteiger partial charge in [-0.15, -0.1) is 0 Å². The highest BCUT2D eigenvalue weighted by molar-refractivity contribution is 7.80. The van der Waals surface area contributed by atoms with E-state index in [4.69, 9.17) is 33.9 Å². The molecule has 0 aromatic heterocycles. The molecular formula is C40H50N4O6S2. The summed E-state index contributed by atoms with van der Waals surface area (Å²) < 4.78 is 10.8. The molecule has 2 aromatic rings. The van der Waals surface area contributed by atoms with Crippen LogP contribution in [-0.4, -0.2) is 68.3 Å². The van der Waals surface area contributed by atoms with Crippen molar-refractivity contribution in [1.29, 1.82) is 0 Å². The molecule has 0 atom stereocenters. The first-order valence-corrected chi connectivity index (χ1v) is 19.8. The van der Waals surface area contributed by atoms with Crippen molar-refractivity contribution in [3.8, 4) is 0 Å². The lowest BCUT2D eigenvalue weighted by molar-refractivity contribution is -0.131. The van der Waals surface area contributed by atoms with Gasteiger partial charge in [-0.25, -0.2) is 9.59 Å². The van der Waals surface area contributed by atoms with Gasteiger partial charge in [0.05, 0.1) is 13.2 Å². The summed E-state index contributed by atoms with van der Waals surface area (Å²) in [5.41, 5.74) is 2.24. The van der Waals surface area contributed by atoms with Crippen LogP contribution in [0.5, 0.6) is 0 Å². The third-order valence-corrected chi connectivity index (χ3v) is 11.9. The van der Waals surface area contributed by atoms with Crippen molar-refractivity contribution in [3.05, 3.63) is 59.7 Å². The van der Waals surface area contributed by atoms with Crippen LogP contribution in [0, 0.1) is 0 Å². The Morgan fingerprint density at radius 2 is 1.13 bits per heavy atom. The Morgan fingerprint density at radius 1 is 0.673 bits per heavy atom. The number of carbonyl (C=O) groups is 4. The highest BCUT2D eigenvalue weighted by Gasteiger charge is 2.59. The molecule has 4 amide bonds. The van der Waals surface area contributed by atoms with Gasteiger partial charge >= 0.3 is 12.2 Å². The Kier molecular flexibility index (Phi) is 11.6. The fourth-order valence-electron chi connectivity index (χ4n) is 8.37. The maximum atomic E-state index is 13.9. The third-order valence-electron chi connectivity index (χ3n) is 11.2. The number of aryl methyl sites for hydroxylation is 1. The first kappa shape index (κ1) is 37.8. The fourth-order valence-corrected chi connectivity index (χ4v) is 9.25. The van der Waals surface area contributed by atoms with Gasteiger partial charge in [0, 0.05) is 11.4 Å². The minimum absolute atomic E-state index is 0.162. The molecule has 2 aliphatic carbocycles. The van der Waals surface area contributed by atoms with E-state index in [1.807, 2.05) is 46.2 Å². The van der Waals surface area contributed by atoms with Crippen molar-refractivity contribution in [3.63, 3.8) is 0 Å². The van der Waals surface area contributed by atoms with E-state index in [9.17, 15) is 19.2 Å². The van der Waals surface area contributed by atoms with Crippen LogP contribution in [0.4, 0.5) is 21.0 Å². The molecule has 2 saturated carbocycles. The summed E-state index contributed by atoms with van der Waals surface area (Å²) >= 11 is 11.5. The van der Waals surface area contributed by atoms with Crippen molar-refractivity contribution in [2.75, 3.05) is 23.0 Å². The summed E-state index contributed by atoms with van der Waals surface area (Å²) in [6.07, 6.45) is 10.0. The van der Waals surface area contributed by atoms with Crippen LogP contribution in [0.1, 0.15) is 121 Å². The van der Waals surface area contributed by atoms with Crippen LogP contribution in [0.2, 0.25) is 0 Å². The van der Waals surface area contributed by atoms with Crippen LogP contribution in [0.15, 0.2) is 48.5 Å². The molecule has 2 saturated heterocycles. The van der Waals surface area contributed by atoms with E-state index < -0.39 is 23.3 Å². The minimum Gasteiger partial charge on any atom is -0.449 e. The topological polar surface area (TPSA) is 99.7 Å². The van der Waals surface area contributed by atoms with E-state index in [2.05, 4.69) is 26.0 Å². The van der Waals surface area contributed by atoms with Gasteiger partial charge in [-0.2, -0.15) is 9.80 Å². The maximum Gasteiger partial charge on any atom is 0.423 e. The van der Waals surface area contributed by atoms with Gasteiger partial charge < -0.3 is 19.3 Å². The van der Waals surface area contributed by atoms with E-state index in [1.54, 1.807) is 6.92 Å². The van der Waals surface area contributed by atoms with Crippen molar-refractivity contribution in [2.24, 2.45) is 0 Å². The number of hydrogen-bond acceptors (Lipinski definition) is 8. The van der Waals surface area contributed by atoms with Crippen molar-refractivity contribution >= 4 is 70.0 Å². The molecule has 278 valence electrons. The SMILES string of the molecule is CCOC(=O)N1C(=O)C2(CCCCC2)N(c2ccc(CCCCCOC(=O)N3C(=O)C4(CCCCC4)N(c4ccc(C(C)C)cc4)C3=S)cc2)C1=S. The van der Waals surface area contributed by atoms with E-state index in [0.29, 0.717) is 38.0 Å². The highest BCUT2D eigenvalue weighted by atomic mass is 32.1.